The van der Waals surface area contributed by atoms with Crippen molar-refractivity contribution in [1.82, 2.24) is 0 Å². The standard InChI is InChI=1S/C11H11O3PS.3H2/c1-8-2-7-11(16-8)9-3-5-10(6-4-9)15(12,13)14;;;/h2-7H,1H3,(H2,12,13,14);3*1H. The molecule has 0 aliphatic rings. The van der Waals surface area contributed by atoms with Gasteiger partial charge < -0.3 is 9.79 Å². The maximum absolute atomic E-state index is 11.0. The maximum atomic E-state index is 11.0. The van der Waals surface area contributed by atoms with Gasteiger partial charge in [-0.05, 0) is 36.8 Å². The lowest BCUT2D eigenvalue weighted by molar-refractivity contribution is 0.387. The average molecular weight is 260 g/mol. The summed E-state index contributed by atoms with van der Waals surface area (Å²) in [4.78, 5) is 20.3. The van der Waals surface area contributed by atoms with Crippen molar-refractivity contribution in [3.63, 3.8) is 0 Å². The van der Waals surface area contributed by atoms with Gasteiger partial charge in [-0.25, -0.2) is 0 Å². The van der Waals surface area contributed by atoms with E-state index in [0.29, 0.717) is 0 Å². The van der Waals surface area contributed by atoms with Crippen molar-refractivity contribution >= 4 is 24.2 Å². The number of aryl methyl sites for hydroxylation is 1. The van der Waals surface area contributed by atoms with E-state index in [0.717, 1.165) is 10.4 Å². The number of thiophene rings is 1. The molecule has 2 aromatic rings. The summed E-state index contributed by atoms with van der Waals surface area (Å²) in [5, 5.41) is 0.0597. The molecule has 0 unspecified atom stereocenters. The van der Waals surface area contributed by atoms with Crippen LogP contribution in [0.15, 0.2) is 36.4 Å². The van der Waals surface area contributed by atoms with E-state index in [4.69, 9.17) is 9.79 Å². The van der Waals surface area contributed by atoms with Crippen molar-refractivity contribution in [2.24, 2.45) is 0 Å². The third-order valence-electron chi connectivity index (χ3n) is 2.23. The summed E-state index contributed by atoms with van der Waals surface area (Å²) in [6.45, 7) is 2.03. The first kappa shape index (κ1) is 11.6. The highest BCUT2D eigenvalue weighted by molar-refractivity contribution is 7.60. The minimum absolute atomic E-state index is 0. The van der Waals surface area contributed by atoms with Crippen LogP contribution in [0.4, 0.5) is 0 Å². The van der Waals surface area contributed by atoms with Gasteiger partial charge in [-0.15, -0.1) is 11.3 Å². The lowest BCUT2D eigenvalue weighted by Gasteiger charge is -2.04. The highest BCUT2D eigenvalue weighted by Crippen LogP contribution is 2.34. The van der Waals surface area contributed by atoms with Crippen LogP contribution in [-0.2, 0) is 4.57 Å². The molecule has 3 nitrogen and oxygen atoms in total. The number of rotatable bonds is 2. The van der Waals surface area contributed by atoms with Gasteiger partial charge in [-0.3, -0.25) is 4.57 Å². The van der Waals surface area contributed by atoms with Crippen LogP contribution in [0.5, 0.6) is 0 Å². The summed E-state index contributed by atoms with van der Waals surface area (Å²) < 4.78 is 11.0. The second-order valence-electron chi connectivity index (χ2n) is 3.50. The summed E-state index contributed by atoms with van der Waals surface area (Å²) in [7, 11) is -4.12. The predicted molar refractivity (Wildman–Crippen MR) is 72.5 cm³/mol. The Kier molecular flexibility index (Phi) is 3.00. The van der Waals surface area contributed by atoms with E-state index < -0.39 is 7.60 Å². The van der Waals surface area contributed by atoms with Gasteiger partial charge in [-0.1, -0.05) is 12.1 Å². The quantitative estimate of drug-likeness (QED) is 0.815. The van der Waals surface area contributed by atoms with E-state index in [2.05, 4.69) is 0 Å². The van der Waals surface area contributed by atoms with Gasteiger partial charge in [0.1, 0.15) is 0 Å². The van der Waals surface area contributed by atoms with Gasteiger partial charge in [0, 0.05) is 14.0 Å². The van der Waals surface area contributed by atoms with Crippen LogP contribution in [-0.4, -0.2) is 9.79 Å². The average Bonchev–Trinajstić information content (AvgIpc) is 2.64. The molecular formula is C11H17O3PS. The smallest absolute Gasteiger partial charge is 0.321 e. The summed E-state index contributed by atoms with van der Waals surface area (Å²) in [5.41, 5.74) is 0.982. The Morgan fingerprint density at radius 2 is 1.75 bits per heavy atom. The molecule has 2 rings (SSSR count). The van der Waals surface area contributed by atoms with Crippen LogP contribution in [0.3, 0.4) is 0 Å². The van der Waals surface area contributed by atoms with Crippen LogP contribution in [0.25, 0.3) is 10.4 Å². The fraction of sp³-hybridized carbons (Fsp3) is 0.0909. The first-order valence-corrected chi connectivity index (χ1v) is 7.13. The molecule has 2 N–H and O–H groups in total. The van der Waals surface area contributed by atoms with Crippen molar-refractivity contribution in [2.75, 3.05) is 0 Å². The second kappa shape index (κ2) is 4.15. The summed E-state index contributed by atoms with van der Waals surface area (Å²) in [6, 6.07) is 10.5. The predicted octanol–water partition coefficient (Wildman–Crippen LogP) is 3.26. The maximum Gasteiger partial charge on any atom is 0.356 e. The zero-order valence-corrected chi connectivity index (χ0v) is 10.3. The Hall–Kier alpha value is -0.930. The van der Waals surface area contributed by atoms with E-state index in [1.54, 1.807) is 23.5 Å². The molecule has 0 bridgehead atoms. The number of benzene rings is 1. The van der Waals surface area contributed by atoms with Crippen LogP contribution in [0.1, 0.15) is 9.16 Å². The van der Waals surface area contributed by atoms with Crippen molar-refractivity contribution in [1.29, 1.82) is 0 Å². The largest absolute Gasteiger partial charge is 0.356 e. The fourth-order valence-corrected chi connectivity index (χ4v) is 2.82. The van der Waals surface area contributed by atoms with Gasteiger partial charge in [0.15, 0.2) is 0 Å². The van der Waals surface area contributed by atoms with Gasteiger partial charge in [0.05, 0.1) is 5.30 Å². The first-order chi connectivity index (χ1) is 7.47. The zero-order valence-electron chi connectivity index (χ0n) is 8.62. The lowest BCUT2D eigenvalue weighted by atomic mass is 10.2. The molecule has 0 aliphatic carbocycles. The molecule has 5 heteroatoms. The SMILES string of the molecule is Cc1ccc(-c2ccc(P(=O)(O)O)cc2)s1.[HH].[HH].[HH]. The number of hydrogen-bond acceptors (Lipinski definition) is 2. The topological polar surface area (TPSA) is 57.5 Å². The minimum Gasteiger partial charge on any atom is -0.321 e. The lowest BCUT2D eigenvalue weighted by Crippen LogP contribution is -2.02. The Labute approximate surface area is 102 Å². The monoisotopic (exact) mass is 260 g/mol. The van der Waals surface area contributed by atoms with Crippen LogP contribution >= 0.6 is 18.9 Å². The summed E-state index contributed by atoms with van der Waals surface area (Å²) in [5.74, 6) is 0. The third-order valence-corrected chi connectivity index (χ3v) is 4.25. The van der Waals surface area contributed by atoms with E-state index in [-0.39, 0.29) is 9.58 Å². The molecule has 1 heterocycles. The third kappa shape index (κ3) is 2.42. The van der Waals surface area contributed by atoms with Gasteiger partial charge in [0.25, 0.3) is 0 Å². The highest BCUT2D eigenvalue weighted by Gasteiger charge is 2.16. The van der Waals surface area contributed by atoms with E-state index in [9.17, 15) is 4.57 Å². The molecular weight excluding hydrogens is 243 g/mol. The van der Waals surface area contributed by atoms with Crippen LogP contribution < -0.4 is 5.30 Å². The van der Waals surface area contributed by atoms with E-state index in [1.807, 2.05) is 19.1 Å². The molecule has 0 radical (unpaired) electrons. The Morgan fingerprint density at radius 3 is 2.19 bits per heavy atom. The van der Waals surface area contributed by atoms with Crippen molar-refractivity contribution < 1.29 is 18.6 Å². The molecule has 0 amide bonds. The molecule has 0 aliphatic heterocycles. The Bertz CT molecular complexity index is 551. The number of hydrogen-bond donors (Lipinski definition) is 2. The Balaban J connectivity index is 0. The summed E-state index contributed by atoms with van der Waals surface area (Å²) in [6.07, 6.45) is 0. The summed E-state index contributed by atoms with van der Waals surface area (Å²) >= 11 is 1.66. The van der Waals surface area contributed by atoms with E-state index >= 15 is 0 Å². The first-order valence-electron chi connectivity index (χ1n) is 4.70. The minimum atomic E-state index is -4.12. The zero-order chi connectivity index (χ0) is 11.8. The Morgan fingerprint density at radius 1 is 1.12 bits per heavy atom. The van der Waals surface area contributed by atoms with Crippen molar-refractivity contribution in [3.05, 3.63) is 41.3 Å². The normalized spacial score (nSPS) is 11.7. The molecule has 0 fully saturated rings. The molecule has 16 heavy (non-hydrogen) atoms. The van der Waals surface area contributed by atoms with E-state index in [1.165, 1.54) is 17.0 Å². The van der Waals surface area contributed by atoms with Crippen LogP contribution in [0.2, 0.25) is 0 Å². The molecule has 90 valence electrons. The molecule has 0 spiro atoms. The van der Waals surface area contributed by atoms with Crippen molar-refractivity contribution in [2.45, 2.75) is 6.92 Å². The molecule has 1 aromatic carbocycles. The van der Waals surface area contributed by atoms with Gasteiger partial charge in [-0.2, -0.15) is 0 Å². The second-order valence-corrected chi connectivity index (χ2v) is 6.39. The van der Waals surface area contributed by atoms with Crippen molar-refractivity contribution in [3.8, 4) is 10.4 Å². The molecule has 1 aromatic heterocycles. The molecule has 0 saturated heterocycles. The fourth-order valence-electron chi connectivity index (χ4n) is 1.41. The highest BCUT2D eigenvalue weighted by atomic mass is 32.1. The van der Waals surface area contributed by atoms with Gasteiger partial charge in [0.2, 0.25) is 0 Å². The molecule has 0 atom stereocenters. The molecule has 0 saturated carbocycles. The van der Waals surface area contributed by atoms with Gasteiger partial charge >= 0.3 is 7.60 Å². The van der Waals surface area contributed by atoms with Crippen LogP contribution in [0, 0.1) is 6.92 Å².